The zero-order valence-electron chi connectivity index (χ0n) is 11.3. The van der Waals surface area contributed by atoms with Crippen LogP contribution < -0.4 is 10.1 Å². The summed E-state index contributed by atoms with van der Waals surface area (Å²) in [6, 6.07) is 8.86. The average Bonchev–Trinajstić information content (AvgIpc) is 2.98. The third-order valence-electron chi connectivity index (χ3n) is 3.15. The highest BCUT2D eigenvalue weighted by atomic mass is 35.5. The summed E-state index contributed by atoms with van der Waals surface area (Å²) >= 11 is 12.1. The van der Waals surface area contributed by atoms with E-state index in [9.17, 15) is 4.79 Å². The number of carbonyl (C=O) groups is 1. The average molecular weight is 336 g/mol. The van der Waals surface area contributed by atoms with Gasteiger partial charge in [-0.2, -0.15) is 0 Å². The van der Waals surface area contributed by atoms with Crippen LogP contribution in [0.15, 0.2) is 42.7 Å². The fourth-order valence-electron chi connectivity index (χ4n) is 2.14. The van der Waals surface area contributed by atoms with E-state index in [0.717, 1.165) is 5.56 Å². The largest absolute Gasteiger partial charge is 0.409 e. The van der Waals surface area contributed by atoms with Gasteiger partial charge in [0.2, 0.25) is 5.88 Å². The molecule has 3 aromatic rings. The van der Waals surface area contributed by atoms with E-state index >= 15 is 0 Å². The first-order chi connectivity index (χ1) is 10.7. The molecule has 0 amide bonds. The Kier molecular flexibility index (Phi) is 4.18. The lowest BCUT2D eigenvalue weighted by Gasteiger charge is -2.13. The molecule has 0 aliphatic carbocycles. The molecule has 1 aromatic carbocycles. The second kappa shape index (κ2) is 6.25. The molecule has 112 valence electrons. The molecule has 22 heavy (non-hydrogen) atoms. The fourth-order valence-corrected chi connectivity index (χ4v) is 2.52. The van der Waals surface area contributed by atoms with Crippen LogP contribution in [0.5, 0.6) is 5.88 Å². The van der Waals surface area contributed by atoms with Gasteiger partial charge in [-0.15, -0.1) is 0 Å². The molecule has 0 saturated heterocycles. The molecule has 0 fully saturated rings. The van der Waals surface area contributed by atoms with Crippen molar-refractivity contribution in [1.82, 2.24) is 9.38 Å². The van der Waals surface area contributed by atoms with Crippen molar-refractivity contribution in [1.29, 1.82) is 0 Å². The zero-order chi connectivity index (χ0) is 15.5. The van der Waals surface area contributed by atoms with Gasteiger partial charge in [-0.05, 0) is 35.9 Å². The van der Waals surface area contributed by atoms with Crippen LogP contribution >= 0.6 is 23.2 Å². The summed E-state index contributed by atoms with van der Waals surface area (Å²) in [5.41, 5.74) is 2.17. The molecule has 0 aliphatic rings. The third-order valence-corrected chi connectivity index (χ3v) is 3.76. The molecule has 0 saturated carbocycles. The van der Waals surface area contributed by atoms with Crippen molar-refractivity contribution in [2.45, 2.75) is 6.54 Å². The number of nitrogens with one attached hydrogen (secondary N) is 1. The standard InChI is InChI=1S/C15H11Cl2N3O2/c16-11-1-2-12(17)10(7-11)8-19-13-3-4-14-18-5-6-20(14)15(13)22-9-21/h1-7,9,19H,8H2. The molecule has 0 unspecified atom stereocenters. The van der Waals surface area contributed by atoms with Gasteiger partial charge in [0, 0.05) is 29.0 Å². The van der Waals surface area contributed by atoms with E-state index in [1.807, 2.05) is 6.07 Å². The van der Waals surface area contributed by atoms with Gasteiger partial charge >= 0.3 is 0 Å². The minimum atomic E-state index is 0.364. The molecule has 0 aliphatic heterocycles. The number of hydrogen-bond acceptors (Lipinski definition) is 4. The summed E-state index contributed by atoms with van der Waals surface area (Å²) in [7, 11) is 0. The van der Waals surface area contributed by atoms with Gasteiger partial charge in [0.15, 0.2) is 0 Å². The Balaban J connectivity index is 1.91. The molecule has 2 heterocycles. The van der Waals surface area contributed by atoms with E-state index in [0.29, 0.717) is 40.3 Å². The Morgan fingerprint density at radius 1 is 1.27 bits per heavy atom. The topological polar surface area (TPSA) is 55.6 Å². The lowest BCUT2D eigenvalue weighted by atomic mass is 10.2. The number of anilines is 1. The SMILES string of the molecule is O=COc1c(NCc2cc(Cl)ccc2Cl)ccc2nccn12. The van der Waals surface area contributed by atoms with Crippen molar-refractivity contribution in [2.75, 3.05) is 5.32 Å². The van der Waals surface area contributed by atoms with Crippen molar-refractivity contribution in [3.05, 3.63) is 58.3 Å². The summed E-state index contributed by atoms with van der Waals surface area (Å²) < 4.78 is 6.75. The second-order valence-electron chi connectivity index (χ2n) is 4.51. The monoisotopic (exact) mass is 335 g/mol. The molecule has 3 rings (SSSR count). The highest BCUT2D eigenvalue weighted by Gasteiger charge is 2.10. The van der Waals surface area contributed by atoms with Crippen LogP contribution in [-0.4, -0.2) is 15.9 Å². The minimum absolute atomic E-state index is 0.364. The van der Waals surface area contributed by atoms with Gasteiger partial charge in [0.05, 0.1) is 5.69 Å². The van der Waals surface area contributed by atoms with Crippen molar-refractivity contribution in [3.63, 3.8) is 0 Å². The summed E-state index contributed by atoms with van der Waals surface area (Å²) in [5, 5.41) is 4.41. The number of carbonyl (C=O) groups excluding carboxylic acids is 1. The lowest BCUT2D eigenvalue weighted by molar-refractivity contribution is -0.120. The normalized spacial score (nSPS) is 10.6. The van der Waals surface area contributed by atoms with Gasteiger partial charge in [0.25, 0.3) is 6.47 Å². The van der Waals surface area contributed by atoms with E-state index in [-0.39, 0.29) is 0 Å². The number of hydrogen-bond donors (Lipinski definition) is 1. The number of pyridine rings is 1. The van der Waals surface area contributed by atoms with E-state index in [2.05, 4.69) is 10.3 Å². The van der Waals surface area contributed by atoms with E-state index < -0.39 is 0 Å². The van der Waals surface area contributed by atoms with Gasteiger partial charge in [-0.3, -0.25) is 9.20 Å². The second-order valence-corrected chi connectivity index (χ2v) is 5.35. The van der Waals surface area contributed by atoms with Crippen LogP contribution in [0.4, 0.5) is 5.69 Å². The molecule has 0 radical (unpaired) electrons. The smallest absolute Gasteiger partial charge is 0.299 e. The molecule has 0 bridgehead atoms. The third kappa shape index (κ3) is 2.86. The number of ether oxygens (including phenoxy) is 1. The van der Waals surface area contributed by atoms with Crippen molar-refractivity contribution >= 4 is 41.0 Å². The zero-order valence-corrected chi connectivity index (χ0v) is 12.8. The van der Waals surface area contributed by atoms with Gasteiger partial charge in [-0.25, -0.2) is 4.98 Å². The van der Waals surface area contributed by atoms with Gasteiger partial charge in [0.1, 0.15) is 5.65 Å². The maximum absolute atomic E-state index is 10.7. The molecule has 1 N–H and O–H groups in total. The van der Waals surface area contributed by atoms with Crippen LogP contribution in [0.25, 0.3) is 5.65 Å². The highest BCUT2D eigenvalue weighted by Crippen LogP contribution is 2.27. The summed E-state index contributed by atoms with van der Waals surface area (Å²) in [6.45, 7) is 0.821. The number of halogens is 2. The fraction of sp³-hybridized carbons (Fsp3) is 0.0667. The lowest BCUT2D eigenvalue weighted by Crippen LogP contribution is -2.05. The Morgan fingerprint density at radius 3 is 2.95 bits per heavy atom. The van der Waals surface area contributed by atoms with E-state index in [1.54, 1.807) is 41.1 Å². The summed E-state index contributed by atoms with van der Waals surface area (Å²) in [4.78, 5) is 14.9. The van der Waals surface area contributed by atoms with Crippen molar-refractivity contribution in [3.8, 4) is 5.88 Å². The maximum atomic E-state index is 10.7. The highest BCUT2D eigenvalue weighted by molar-refractivity contribution is 6.33. The van der Waals surface area contributed by atoms with Gasteiger partial charge < -0.3 is 10.1 Å². The molecule has 0 spiro atoms. The first-order valence-corrected chi connectivity index (χ1v) is 7.19. The molecular formula is C15H11Cl2N3O2. The van der Waals surface area contributed by atoms with E-state index in [1.165, 1.54) is 0 Å². The quantitative estimate of drug-likeness (QED) is 0.721. The predicted octanol–water partition coefficient (Wildman–Crippen LogP) is 3.79. The number of imidazole rings is 1. The number of rotatable bonds is 5. The first kappa shape index (κ1) is 14.7. The van der Waals surface area contributed by atoms with Crippen molar-refractivity contribution in [2.24, 2.45) is 0 Å². The Morgan fingerprint density at radius 2 is 2.14 bits per heavy atom. The molecular weight excluding hydrogens is 325 g/mol. The summed E-state index contributed by atoms with van der Waals surface area (Å²) in [6.07, 6.45) is 3.34. The van der Waals surface area contributed by atoms with Gasteiger partial charge in [-0.1, -0.05) is 23.2 Å². The number of benzene rings is 1. The van der Waals surface area contributed by atoms with Crippen LogP contribution in [0, 0.1) is 0 Å². The van der Waals surface area contributed by atoms with Crippen molar-refractivity contribution < 1.29 is 9.53 Å². The Bertz CT molecular complexity index is 833. The minimum Gasteiger partial charge on any atom is -0.409 e. The Hall–Kier alpha value is -2.24. The molecule has 7 heteroatoms. The van der Waals surface area contributed by atoms with Crippen LogP contribution in [0.2, 0.25) is 10.0 Å². The first-order valence-electron chi connectivity index (χ1n) is 6.43. The van der Waals surface area contributed by atoms with Crippen LogP contribution in [0.1, 0.15) is 5.56 Å². The number of nitrogens with zero attached hydrogens (tertiary/aromatic N) is 2. The number of fused-ring (bicyclic) bond motifs is 1. The molecule has 2 aromatic heterocycles. The maximum Gasteiger partial charge on any atom is 0.299 e. The van der Waals surface area contributed by atoms with E-state index in [4.69, 9.17) is 27.9 Å². The molecule has 0 atom stereocenters. The number of aromatic nitrogens is 2. The van der Waals surface area contributed by atoms with Crippen LogP contribution in [0.3, 0.4) is 0 Å². The predicted molar refractivity (Wildman–Crippen MR) is 85.7 cm³/mol. The molecule has 5 nitrogen and oxygen atoms in total. The van der Waals surface area contributed by atoms with Crippen LogP contribution in [-0.2, 0) is 11.3 Å². The Labute approximate surface area is 136 Å². The summed E-state index contributed by atoms with van der Waals surface area (Å²) in [5.74, 6) is 0.364.